The molecular formula is C14H15BrN2O2S. The fourth-order valence-electron chi connectivity index (χ4n) is 2.65. The molecule has 0 spiro atoms. The van der Waals surface area contributed by atoms with Gasteiger partial charge in [-0.05, 0) is 37.3 Å². The molecule has 0 aliphatic carbocycles. The van der Waals surface area contributed by atoms with Crippen LogP contribution in [0, 0.1) is 0 Å². The van der Waals surface area contributed by atoms with Crippen molar-refractivity contribution < 1.29 is 8.42 Å². The van der Waals surface area contributed by atoms with E-state index in [-0.39, 0.29) is 6.04 Å². The Kier molecular flexibility index (Phi) is 3.48. The van der Waals surface area contributed by atoms with E-state index in [1.165, 1.54) is 0 Å². The fraction of sp³-hybridized carbons (Fsp3) is 0.286. The summed E-state index contributed by atoms with van der Waals surface area (Å²) in [4.78, 5) is 0.332. The van der Waals surface area contributed by atoms with Crippen molar-refractivity contribution in [1.29, 1.82) is 0 Å². The minimum absolute atomic E-state index is 0.150. The average molecular weight is 355 g/mol. The topological polar surface area (TPSA) is 42.3 Å². The van der Waals surface area contributed by atoms with E-state index in [2.05, 4.69) is 20.5 Å². The molecule has 20 heavy (non-hydrogen) atoms. The van der Waals surface area contributed by atoms with E-state index in [0.717, 1.165) is 10.2 Å². The van der Waals surface area contributed by atoms with Crippen molar-refractivity contribution in [3.05, 3.63) is 52.8 Å². The molecule has 4 nitrogen and oxygen atoms in total. The zero-order valence-corrected chi connectivity index (χ0v) is 13.4. The molecule has 0 saturated heterocycles. The highest BCUT2D eigenvalue weighted by Crippen LogP contribution is 2.31. The number of rotatable bonds is 2. The normalized spacial score (nSPS) is 19.8. The number of halogens is 1. The maximum absolute atomic E-state index is 12.8. The molecular weight excluding hydrogens is 340 g/mol. The van der Waals surface area contributed by atoms with E-state index in [0.29, 0.717) is 18.0 Å². The van der Waals surface area contributed by atoms with E-state index in [1.54, 1.807) is 22.5 Å². The lowest BCUT2D eigenvalue weighted by Gasteiger charge is -2.33. The first kappa shape index (κ1) is 13.9. The standard InChI is InChI=1S/C14H15BrN2O2S/c1-11-14-6-3-7-16(14)8-9-17(11)20(18,19)13-5-2-4-12(15)10-13/h2-7,10-11H,8-9H2,1H3/t11-/m1/s1. The Hall–Kier alpha value is -1.11. The third kappa shape index (κ3) is 2.21. The zero-order valence-electron chi connectivity index (χ0n) is 11.0. The summed E-state index contributed by atoms with van der Waals surface area (Å²) in [6.45, 7) is 3.12. The van der Waals surface area contributed by atoms with Crippen molar-refractivity contribution in [3.8, 4) is 0 Å². The molecule has 1 aromatic heterocycles. The molecule has 0 N–H and O–H groups in total. The monoisotopic (exact) mass is 354 g/mol. The summed E-state index contributed by atoms with van der Waals surface area (Å²) in [5.74, 6) is 0. The number of hydrogen-bond acceptors (Lipinski definition) is 2. The first-order valence-corrected chi connectivity index (χ1v) is 8.66. The van der Waals surface area contributed by atoms with Crippen molar-refractivity contribution in [1.82, 2.24) is 8.87 Å². The molecule has 1 aliphatic heterocycles. The van der Waals surface area contributed by atoms with Gasteiger partial charge >= 0.3 is 0 Å². The molecule has 0 saturated carbocycles. The Bertz CT molecular complexity index is 739. The van der Waals surface area contributed by atoms with E-state index in [4.69, 9.17) is 0 Å². The summed E-state index contributed by atoms with van der Waals surface area (Å²) in [5, 5.41) is 0. The number of nitrogens with zero attached hydrogens (tertiary/aromatic N) is 2. The Labute approximate surface area is 127 Å². The number of fused-ring (bicyclic) bond motifs is 1. The van der Waals surface area contributed by atoms with Gasteiger partial charge in [-0.3, -0.25) is 0 Å². The van der Waals surface area contributed by atoms with Gasteiger partial charge < -0.3 is 4.57 Å². The predicted octanol–water partition coefficient (Wildman–Crippen LogP) is 3.02. The third-order valence-electron chi connectivity index (χ3n) is 3.69. The van der Waals surface area contributed by atoms with Gasteiger partial charge in [-0.2, -0.15) is 4.31 Å². The molecule has 1 aromatic carbocycles. The highest BCUT2D eigenvalue weighted by Gasteiger charge is 2.33. The van der Waals surface area contributed by atoms with Crippen LogP contribution in [-0.2, 0) is 16.6 Å². The fourth-order valence-corrected chi connectivity index (χ4v) is 4.84. The molecule has 2 aromatic rings. The Morgan fingerprint density at radius 2 is 2.00 bits per heavy atom. The second-order valence-corrected chi connectivity index (χ2v) is 7.68. The third-order valence-corrected chi connectivity index (χ3v) is 6.15. The summed E-state index contributed by atoms with van der Waals surface area (Å²) in [6, 6.07) is 10.6. The van der Waals surface area contributed by atoms with Crippen LogP contribution in [0.3, 0.4) is 0 Å². The van der Waals surface area contributed by atoms with Gasteiger partial charge in [0.25, 0.3) is 0 Å². The molecule has 2 heterocycles. The smallest absolute Gasteiger partial charge is 0.243 e. The lowest BCUT2D eigenvalue weighted by atomic mass is 10.2. The van der Waals surface area contributed by atoms with Crippen LogP contribution in [0.2, 0.25) is 0 Å². The van der Waals surface area contributed by atoms with Crippen LogP contribution >= 0.6 is 15.9 Å². The molecule has 6 heteroatoms. The number of aromatic nitrogens is 1. The Morgan fingerprint density at radius 3 is 2.75 bits per heavy atom. The number of sulfonamides is 1. The van der Waals surface area contributed by atoms with Crippen molar-refractivity contribution in [2.45, 2.75) is 24.4 Å². The van der Waals surface area contributed by atoms with E-state index in [9.17, 15) is 8.42 Å². The Balaban J connectivity index is 2.01. The molecule has 0 amide bonds. The minimum Gasteiger partial charge on any atom is -0.349 e. The minimum atomic E-state index is -3.46. The van der Waals surface area contributed by atoms with Gasteiger partial charge in [-0.25, -0.2) is 8.42 Å². The molecule has 0 fully saturated rings. The van der Waals surface area contributed by atoms with Crippen LogP contribution in [0.5, 0.6) is 0 Å². The molecule has 106 valence electrons. The average Bonchev–Trinajstić information content (AvgIpc) is 2.88. The van der Waals surface area contributed by atoms with Gasteiger partial charge in [-0.15, -0.1) is 0 Å². The first-order chi connectivity index (χ1) is 9.50. The molecule has 1 atom stereocenters. The van der Waals surface area contributed by atoms with Crippen LogP contribution in [-0.4, -0.2) is 23.8 Å². The molecule has 0 radical (unpaired) electrons. The first-order valence-electron chi connectivity index (χ1n) is 6.42. The molecule has 1 aliphatic rings. The highest BCUT2D eigenvalue weighted by molar-refractivity contribution is 9.10. The van der Waals surface area contributed by atoms with Gasteiger partial charge in [0.05, 0.1) is 10.9 Å². The second-order valence-electron chi connectivity index (χ2n) is 4.88. The lowest BCUT2D eigenvalue weighted by Crippen LogP contribution is -2.40. The summed E-state index contributed by atoms with van der Waals surface area (Å²) in [7, 11) is -3.46. The summed E-state index contributed by atoms with van der Waals surface area (Å²) < 4.78 is 30.0. The van der Waals surface area contributed by atoms with Crippen LogP contribution in [0.4, 0.5) is 0 Å². The largest absolute Gasteiger partial charge is 0.349 e. The van der Waals surface area contributed by atoms with Gasteiger partial charge in [0.1, 0.15) is 0 Å². The van der Waals surface area contributed by atoms with E-state index < -0.39 is 10.0 Å². The Morgan fingerprint density at radius 1 is 1.20 bits per heavy atom. The van der Waals surface area contributed by atoms with Gasteiger partial charge in [0, 0.05) is 29.5 Å². The van der Waals surface area contributed by atoms with Crippen molar-refractivity contribution in [2.24, 2.45) is 0 Å². The quantitative estimate of drug-likeness (QED) is 0.831. The summed E-state index contributed by atoms with van der Waals surface area (Å²) in [6.07, 6.45) is 1.99. The van der Waals surface area contributed by atoms with Crippen molar-refractivity contribution in [3.63, 3.8) is 0 Å². The number of benzene rings is 1. The number of hydrogen-bond donors (Lipinski definition) is 0. The molecule has 0 unspecified atom stereocenters. The molecule has 0 bridgehead atoms. The van der Waals surface area contributed by atoms with Gasteiger partial charge in [0.2, 0.25) is 10.0 Å². The van der Waals surface area contributed by atoms with Crippen LogP contribution in [0.15, 0.2) is 52.0 Å². The lowest BCUT2D eigenvalue weighted by molar-refractivity contribution is 0.282. The van der Waals surface area contributed by atoms with Crippen molar-refractivity contribution >= 4 is 26.0 Å². The van der Waals surface area contributed by atoms with Crippen LogP contribution < -0.4 is 0 Å². The highest BCUT2D eigenvalue weighted by atomic mass is 79.9. The zero-order chi connectivity index (χ0) is 14.3. The van der Waals surface area contributed by atoms with Crippen LogP contribution in [0.25, 0.3) is 0 Å². The second kappa shape index (κ2) is 5.02. The van der Waals surface area contributed by atoms with E-state index in [1.807, 2.05) is 31.3 Å². The summed E-state index contributed by atoms with van der Waals surface area (Å²) in [5.41, 5.74) is 1.04. The van der Waals surface area contributed by atoms with Crippen molar-refractivity contribution in [2.75, 3.05) is 6.54 Å². The SMILES string of the molecule is C[C@@H]1c2cccn2CCN1S(=O)(=O)c1cccc(Br)c1. The molecule has 3 rings (SSSR count). The van der Waals surface area contributed by atoms with Gasteiger partial charge in [-0.1, -0.05) is 22.0 Å². The maximum atomic E-state index is 12.8. The van der Waals surface area contributed by atoms with Gasteiger partial charge in [0.15, 0.2) is 0 Å². The van der Waals surface area contributed by atoms with Crippen LogP contribution in [0.1, 0.15) is 18.7 Å². The predicted molar refractivity (Wildman–Crippen MR) is 80.9 cm³/mol. The summed E-state index contributed by atoms with van der Waals surface area (Å²) >= 11 is 3.33. The maximum Gasteiger partial charge on any atom is 0.243 e. The van der Waals surface area contributed by atoms with E-state index >= 15 is 0 Å².